The average molecular weight is 318 g/mol. The van der Waals surface area contributed by atoms with Crippen LogP contribution in [-0.4, -0.2) is 17.3 Å². The molecule has 0 amide bonds. The topological polar surface area (TPSA) is 46.2 Å². The Morgan fingerprint density at radius 3 is 2.18 bits per heavy atom. The average Bonchev–Trinajstić information content (AvgIpc) is 2.53. The number of hydrogen-bond donors (Lipinski definition) is 2. The van der Waals surface area contributed by atoms with Crippen molar-refractivity contribution in [1.29, 1.82) is 0 Å². The molecule has 0 radical (unpaired) electrons. The van der Waals surface area contributed by atoms with E-state index in [1.165, 1.54) is 16.7 Å². The summed E-state index contributed by atoms with van der Waals surface area (Å²) in [6.45, 7) is 0. The van der Waals surface area contributed by atoms with Gasteiger partial charge in [0.25, 0.3) is 0 Å². The van der Waals surface area contributed by atoms with Crippen LogP contribution in [-0.2, 0) is 6.42 Å². The minimum atomic E-state index is -0.327. The molecule has 0 unspecified atom stereocenters. The Kier molecular flexibility index (Phi) is 6.01. The quantitative estimate of drug-likeness (QED) is 0.904. The Bertz CT molecular complexity index is 570. The molecule has 118 valence electrons. The van der Waals surface area contributed by atoms with Crippen LogP contribution in [0.2, 0.25) is 0 Å². The van der Waals surface area contributed by atoms with Crippen LogP contribution in [0, 0.1) is 5.92 Å². The van der Waals surface area contributed by atoms with Gasteiger partial charge in [-0.3, -0.25) is 0 Å². The molecule has 3 heteroatoms. The van der Waals surface area contributed by atoms with E-state index in [0.717, 1.165) is 25.7 Å². The van der Waals surface area contributed by atoms with Gasteiger partial charge >= 0.3 is 0 Å². The summed E-state index contributed by atoms with van der Waals surface area (Å²) < 4.78 is 0. The summed E-state index contributed by atoms with van der Waals surface area (Å²) in [6.07, 6.45) is 3.61. The molecular weight excluding hydrogens is 294 g/mol. The predicted octanol–water partition coefficient (Wildman–Crippen LogP) is 3.81. The maximum atomic E-state index is 9.89. The molecule has 3 N–H and O–H groups in total. The van der Waals surface area contributed by atoms with Crippen molar-refractivity contribution in [1.82, 2.24) is 0 Å². The van der Waals surface area contributed by atoms with Gasteiger partial charge in [-0.15, -0.1) is 12.4 Å². The molecule has 0 saturated heterocycles. The molecule has 2 aromatic rings. The van der Waals surface area contributed by atoms with Gasteiger partial charge in [0.05, 0.1) is 6.10 Å². The van der Waals surface area contributed by atoms with Crippen molar-refractivity contribution in [2.75, 3.05) is 0 Å². The number of rotatable bonds is 3. The predicted molar refractivity (Wildman–Crippen MR) is 94.2 cm³/mol. The number of hydrogen-bond acceptors (Lipinski definition) is 2. The van der Waals surface area contributed by atoms with Crippen LogP contribution < -0.4 is 5.73 Å². The lowest BCUT2D eigenvalue weighted by molar-refractivity contribution is 0.0809. The molecule has 0 aliphatic heterocycles. The van der Waals surface area contributed by atoms with Crippen LogP contribution in [0.3, 0.4) is 0 Å². The zero-order chi connectivity index (χ0) is 14.7. The van der Waals surface area contributed by atoms with E-state index in [9.17, 15) is 5.11 Å². The fraction of sp³-hybridized carbons (Fsp3) is 0.368. The first-order valence-corrected chi connectivity index (χ1v) is 7.80. The smallest absolute Gasteiger partial charge is 0.0693 e. The molecule has 3 atom stereocenters. The molecular formula is C19H24ClNO. The Balaban J connectivity index is 0.00000176. The molecule has 1 fully saturated rings. The van der Waals surface area contributed by atoms with Gasteiger partial charge in [-0.05, 0) is 48.3 Å². The summed E-state index contributed by atoms with van der Waals surface area (Å²) in [5.74, 6) is 0.558. The Morgan fingerprint density at radius 1 is 0.909 bits per heavy atom. The van der Waals surface area contributed by atoms with Crippen LogP contribution in [0.1, 0.15) is 24.8 Å². The first-order valence-electron chi connectivity index (χ1n) is 7.80. The lowest BCUT2D eigenvalue weighted by Crippen LogP contribution is -2.40. The number of aliphatic hydroxyl groups excluding tert-OH is 1. The van der Waals surface area contributed by atoms with Crippen LogP contribution in [0.15, 0.2) is 54.6 Å². The van der Waals surface area contributed by atoms with Gasteiger partial charge in [-0.1, -0.05) is 54.6 Å². The highest BCUT2D eigenvalue weighted by Gasteiger charge is 2.26. The maximum Gasteiger partial charge on any atom is 0.0693 e. The van der Waals surface area contributed by atoms with E-state index in [-0.39, 0.29) is 24.6 Å². The van der Waals surface area contributed by atoms with Gasteiger partial charge < -0.3 is 10.8 Å². The van der Waals surface area contributed by atoms with E-state index in [1.54, 1.807) is 0 Å². The summed E-state index contributed by atoms with van der Waals surface area (Å²) in [4.78, 5) is 0. The molecule has 2 nitrogen and oxygen atoms in total. The third kappa shape index (κ3) is 4.10. The molecule has 0 heterocycles. The number of halogens is 1. The third-order valence-electron chi connectivity index (χ3n) is 4.56. The highest BCUT2D eigenvalue weighted by molar-refractivity contribution is 5.85. The van der Waals surface area contributed by atoms with Crippen molar-refractivity contribution in [3.63, 3.8) is 0 Å². The molecule has 3 rings (SSSR count). The molecule has 22 heavy (non-hydrogen) atoms. The van der Waals surface area contributed by atoms with Crippen molar-refractivity contribution in [2.24, 2.45) is 11.7 Å². The van der Waals surface area contributed by atoms with Crippen LogP contribution >= 0.6 is 12.4 Å². The fourth-order valence-electron chi connectivity index (χ4n) is 3.24. The van der Waals surface area contributed by atoms with E-state index in [1.807, 2.05) is 6.07 Å². The highest BCUT2D eigenvalue weighted by atomic mass is 35.5. The van der Waals surface area contributed by atoms with E-state index in [4.69, 9.17) is 5.73 Å². The Labute approximate surface area is 138 Å². The van der Waals surface area contributed by atoms with Crippen molar-refractivity contribution < 1.29 is 5.11 Å². The lowest BCUT2D eigenvalue weighted by Gasteiger charge is -2.30. The van der Waals surface area contributed by atoms with E-state index >= 15 is 0 Å². The molecule has 1 aliphatic carbocycles. The molecule has 0 aromatic heterocycles. The van der Waals surface area contributed by atoms with Crippen molar-refractivity contribution in [3.05, 3.63) is 60.2 Å². The normalized spacial score (nSPS) is 24.5. The standard InChI is InChI=1S/C19H23NO.ClH/c20-18-11-8-15(13-19(18)21)12-14-6-9-17(10-7-14)16-4-2-1-3-5-16;/h1-7,9-10,15,18-19,21H,8,11-13,20H2;1H/t15-,18-,19-;/m1./s1. The summed E-state index contributed by atoms with van der Waals surface area (Å²) in [5.41, 5.74) is 9.73. The highest BCUT2D eigenvalue weighted by Crippen LogP contribution is 2.28. The summed E-state index contributed by atoms with van der Waals surface area (Å²) >= 11 is 0. The van der Waals surface area contributed by atoms with E-state index in [0.29, 0.717) is 5.92 Å². The second-order valence-corrected chi connectivity index (χ2v) is 6.18. The van der Waals surface area contributed by atoms with Gasteiger partial charge in [0.2, 0.25) is 0 Å². The zero-order valence-corrected chi connectivity index (χ0v) is 13.5. The SMILES string of the molecule is Cl.N[C@@H]1CC[C@H](Cc2ccc(-c3ccccc3)cc2)C[C@H]1O. The fourth-order valence-corrected chi connectivity index (χ4v) is 3.24. The molecule has 1 aliphatic rings. The van der Waals surface area contributed by atoms with Crippen LogP contribution in [0.4, 0.5) is 0 Å². The van der Waals surface area contributed by atoms with Gasteiger partial charge in [-0.25, -0.2) is 0 Å². The third-order valence-corrected chi connectivity index (χ3v) is 4.56. The van der Waals surface area contributed by atoms with Gasteiger partial charge in [0, 0.05) is 6.04 Å². The second kappa shape index (κ2) is 7.77. The van der Waals surface area contributed by atoms with Crippen LogP contribution in [0.25, 0.3) is 11.1 Å². The lowest BCUT2D eigenvalue weighted by atomic mass is 9.81. The monoisotopic (exact) mass is 317 g/mol. The maximum absolute atomic E-state index is 9.89. The second-order valence-electron chi connectivity index (χ2n) is 6.18. The van der Waals surface area contributed by atoms with Crippen molar-refractivity contribution in [3.8, 4) is 11.1 Å². The molecule has 1 saturated carbocycles. The molecule has 2 aromatic carbocycles. The van der Waals surface area contributed by atoms with E-state index < -0.39 is 0 Å². The Morgan fingerprint density at radius 2 is 1.55 bits per heavy atom. The van der Waals surface area contributed by atoms with Crippen LogP contribution in [0.5, 0.6) is 0 Å². The van der Waals surface area contributed by atoms with E-state index in [2.05, 4.69) is 48.5 Å². The first kappa shape index (κ1) is 17.0. The van der Waals surface area contributed by atoms with Gasteiger partial charge in [-0.2, -0.15) is 0 Å². The number of benzene rings is 2. The minimum Gasteiger partial charge on any atom is -0.392 e. The van der Waals surface area contributed by atoms with Gasteiger partial charge in [0.1, 0.15) is 0 Å². The Hall–Kier alpha value is -1.35. The number of aliphatic hydroxyl groups is 1. The molecule has 0 spiro atoms. The largest absolute Gasteiger partial charge is 0.392 e. The minimum absolute atomic E-state index is 0. The summed E-state index contributed by atoms with van der Waals surface area (Å²) in [6, 6.07) is 19.2. The summed E-state index contributed by atoms with van der Waals surface area (Å²) in [7, 11) is 0. The van der Waals surface area contributed by atoms with Crippen molar-refractivity contribution in [2.45, 2.75) is 37.8 Å². The number of nitrogens with two attached hydrogens (primary N) is 1. The first-order chi connectivity index (χ1) is 10.2. The summed E-state index contributed by atoms with van der Waals surface area (Å²) in [5, 5.41) is 9.89. The van der Waals surface area contributed by atoms with Crippen molar-refractivity contribution >= 4 is 12.4 Å². The molecule has 0 bridgehead atoms. The van der Waals surface area contributed by atoms with Gasteiger partial charge in [0.15, 0.2) is 0 Å². The zero-order valence-electron chi connectivity index (χ0n) is 12.7.